The number of rotatable bonds is 2. The van der Waals surface area contributed by atoms with Gasteiger partial charge >= 0.3 is 0 Å². The molecule has 1 aliphatic carbocycles. The zero-order valence-corrected chi connectivity index (χ0v) is 13.6. The van der Waals surface area contributed by atoms with Gasteiger partial charge in [0.1, 0.15) is 0 Å². The van der Waals surface area contributed by atoms with Gasteiger partial charge in [0.2, 0.25) is 0 Å². The van der Waals surface area contributed by atoms with Crippen molar-refractivity contribution in [1.82, 2.24) is 0 Å². The summed E-state index contributed by atoms with van der Waals surface area (Å²) in [7, 11) is 0. The molecule has 1 aliphatic heterocycles. The lowest BCUT2D eigenvalue weighted by Gasteiger charge is -2.52. The average Bonchev–Trinajstić information content (AvgIpc) is 2.64. The van der Waals surface area contributed by atoms with Gasteiger partial charge in [0, 0.05) is 31.6 Å². The first-order valence-corrected chi connectivity index (χ1v) is 8.33. The van der Waals surface area contributed by atoms with E-state index in [2.05, 4.69) is 20.8 Å². The second kappa shape index (κ2) is 5.94. The van der Waals surface area contributed by atoms with Crippen molar-refractivity contribution >= 4 is 0 Å². The van der Waals surface area contributed by atoms with Gasteiger partial charge in [0.05, 0.1) is 5.60 Å². The van der Waals surface area contributed by atoms with E-state index in [1.165, 1.54) is 12.8 Å². The second-order valence-corrected chi connectivity index (χ2v) is 8.12. The third kappa shape index (κ3) is 3.05. The summed E-state index contributed by atoms with van der Waals surface area (Å²) in [5, 5.41) is 11.3. The van der Waals surface area contributed by atoms with Gasteiger partial charge in [-0.15, -0.1) is 0 Å². The third-order valence-electron chi connectivity index (χ3n) is 6.08. The van der Waals surface area contributed by atoms with Gasteiger partial charge in [-0.3, -0.25) is 0 Å². The minimum Gasteiger partial charge on any atom is -0.389 e. The van der Waals surface area contributed by atoms with E-state index in [1.54, 1.807) is 0 Å². The van der Waals surface area contributed by atoms with Crippen LogP contribution in [0, 0.1) is 16.7 Å². The summed E-state index contributed by atoms with van der Waals surface area (Å²) < 4.78 is 5.54. The molecule has 1 saturated heterocycles. The summed E-state index contributed by atoms with van der Waals surface area (Å²) in [4.78, 5) is 0. The topological polar surface area (TPSA) is 55.5 Å². The Balaban J connectivity index is 2.11. The summed E-state index contributed by atoms with van der Waals surface area (Å²) in [6, 6.07) is 0. The van der Waals surface area contributed by atoms with Gasteiger partial charge in [-0.05, 0) is 49.9 Å². The summed E-state index contributed by atoms with van der Waals surface area (Å²) in [5.41, 5.74) is 5.84. The van der Waals surface area contributed by atoms with Crippen LogP contribution in [-0.4, -0.2) is 30.5 Å². The Bertz CT molecular complexity index is 305. The molecule has 1 unspecified atom stereocenters. The zero-order chi connectivity index (χ0) is 14.9. The van der Waals surface area contributed by atoms with Gasteiger partial charge in [-0.2, -0.15) is 0 Å². The lowest BCUT2D eigenvalue weighted by Crippen LogP contribution is -2.55. The molecule has 0 aromatic rings. The van der Waals surface area contributed by atoms with E-state index in [-0.39, 0.29) is 5.41 Å². The van der Waals surface area contributed by atoms with E-state index in [1.807, 2.05) is 0 Å². The first-order valence-electron chi connectivity index (χ1n) is 8.33. The van der Waals surface area contributed by atoms with Gasteiger partial charge in [-0.25, -0.2) is 0 Å². The first kappa shape index (κ1) is 16.3. The van der Waals surface area contributed by atoms with E-state index >= 15 is 0 Å². The predicted molar refractivity (Wildman–Crippen MR) is 82.5 cm³/mol. The number of aliphatic hydroxyl groups is 1. The summed E-state index contributed by atoms with van der Waals surface area (Å²) in [6.07, 6.45) is 7.10. The maximum absolute atomic E-state index is 11.3. The Morgan fingerprint density at radius 2 is 1.75 bits per heavy atom. The Morgan fingerprint density at radius 3 is 2.30 bits per heavy atom. The standard InChI is InChI=1S/C17H33NO2/c1-15(2,3)14-5-8-16(13-18,9-6-14)17(19)7-4-11-20-12-10-17/h14,19H,4-13,18H2,1-3H3. The van der Waals surface area contributed by atoms with Crippen molar-refractivity contribution in [3.63, 3.8) is 0 Å². The van der Waals surface area contributed by atoms with E-state index in [0.29, 0.717) is 18.6 Å². The molecule has 0 aromatic carbocycles. The van der Waals surface area contributed by atoms with Crippen molar-refractivity contribution in [2.24, 2.45) is 22.5 Å². The Labute approximate surface area is 124 Å². The summed E-state index contributed by atoms with van der Waals surface area (Å²) in [6.45, 7) is 9.08. The molecule has 118 valence electrons. The molecule has 20 heavy (non-hydrogen) atoms. The smallest absolute Gasteiger partial charge is 0.0738 e. The van der Waals surface area contributed by atoms with Gasteiger partial charge in [-0.1, -0.05) is 20.8 Å². The number of nitrogens with two attached hydrogens (primary N) is 1. The number of hydrogen-bond acceptors (Lipinski definition) is 3. The van der Waals surface area contributed by atoms with Crippen molar-refractivity contribution in [2.45, 2.75) is 71.3 Å². The van der Waals surface area contributed by atoms with E-state index in [0.717, 1.165) is 44.6 Å². The molecule has 2 aliphatic rings. The largest absolute Gasteiger partial charge is 0.389 e. The van der Waals surface area contributed by atoms with Crippen molar-refractivity contribution in [2.75, 3.05) is 19.8 Å². The van der Waals surface area contributed by atoms with Crippen LogP contribution in [0.15, 0.2) is 0 Å². The monoisotopic (exact) mass is 283 g/mol. The van der Waals surface area contributed by atoms with Crippen LogP contribution in [0.3, 0.4) is 0 Å². The third-order valence-corrected chi connectivity index (χ3v) is 6.08. The Kier molecular flexibility index (Phi) is 4.83. The highest BCUT2D eigenvalue weighted by Gasteiger charge is 2.51. The molecule has 0 spiro atoms. The van der Waals surface area contributed by atoms with Crippen LogP contribution in [0.1, 0.15) is 65.7 Å². The highest BCUT2D eigenvalue weighted by molar-refractivity contribution is 5.03. The van der Waals surface area contributed by atoms with Crippen molar-refractivity contribution in [3.05, 3.63) is 0 Å². The van der Waals surface area contributed by atoms with Gasteiger partial charge in [0.25, 0.3) is 0 Å². The zero-order valence-electron chi connectivity index (χ0n) is 13.6. The molecule has 0 aromatic heterocycles. The molecule has 3 heteroatoms. The molecule has 0 bridgehead atoms. The molecule has 0 radical (unpaired) electrons. The molecule has 3 nitrogen and oxygen atoms in total. The SMILES string of the molecule is CC(C)(C)C1CCC(CN)(C2(O)CCCOCC2)CC1. The summed E-state index contributed by atoms with van der Waals surface area (Å²) >= 11 is 0. The Hall–Kier alpha value is -0.120. The number of ether oxygens (including phenoxy) is 1. The minimum atomic E-state index is -0.610. The summed E-state index contributed by atoms with van der Waals surface area (Å²) in [5.74, 6) is 0.757. The fourth-order valence-electron chi connectivity index (χ4n) is 4.36. The van der Waals surface area contributed by atoms with Crippen LogP contribution in [0.5, 0.6) is 0 Å². The molecule has 1 atom stereocenters. The van der Waals surface area contributed by atoms with Crippen LogP contribution in [0.2, 0.25) is 0 Å². The minimum absolute atomic E-state index is 0.0809. The molecular weight excluding hydrogens is 250 g/mol. The average molecular weight is 283 g/mol. The van der Waals surface area contributed by atoms with E-state index in [9.17, 15) is 5.11 Å². The van der Waals surface area contributed by atoms with Crippen molar-refractivity contribution in [1.29, 1.82) is 0 Å². The molecule has 2 rings (SSSR count). The highest BCUT2D eigenvalue weighted by Crippen LogP contribution is 2.52. The lowest BCUT2D eigenvalue weighted by atomic mass is 9.56. The fourth-order valence-corrected chi connectivity index (χ4v) is 4.36. The molecular formula is C17H33NO2. The van der Waals surface area contributed by atoms with Crippen LogP contribution in [-0.2, 0) is 4.74 Å². The van der Waals surface area contributed by atoms with Crippen molar-refractivity contribution in [3.8, 4) is 0 Å². The molecule has 1 heterocycles. The molecule has 3 N–H and O–H groups in total. The van der Waals surface area contributed by atoms with Crippen LogP contribution >= 0.6 is 0 Å². The van der Waals surface area contributed by atoms with E-state index in [4.69, 9.17) is 10.5 Å². The van der Waals surface area contributed by atoms with Gasteiger partial charge < -0.3 is 15.6 Å². The van der Waals surface area contributed by atoms with Crippen LogP contribution < -0.4 is 5.73 Å². The van der Waals surface area contributed by atoms with Gasteiger partial charge in [0.15, 0.2) is 0 Å². The van der Waals surface area contributed by atoms with Crippen LogP contribution in [0.4, 0.5) is 0 Å². The normalized spacial score (nSPS) is 40.4. The number of hydrogen-bond donors (Lipinski definition) is 2. The maximum Gasteiger partial charge on any atom is 0.0738 e. The van der Waals surface area contributed by atoms with Crippen LogP contribution in [0.25, 0.3) is 0 Å². The predicted octanol–water partition coefficient (Wildman–Crippen LogP) is 3.10. The fraction of sp³-hybridized carbons (Fsp3) is 1.00. The molecule has 2 fully saturated rings. The lowest BCUT2D eigenvalue weighted by molar-refractivity contribution is -0.120. The molecule has 1 saturated carbocycles. The maximum atomic E-state index is 11.3. The molecule has 0 amide bonds. The first-order chi connectivity index (χ1) is 9.33. The van der Waals surface area contributed by atoms with Crippen molar-refractivity contribution < 1.29 is 9.84 Å². The van der Waals surface area contributed by atoms with E-state index < -0.39 is 5.60 Å². The highest BCUT2D eigenvalue weighted by atomic mass is 16.5. The quantitative estimate of drug-likeness (QED) is 0.819. The second-order valence-electron chi connectivity index (χ2n) is 8.12. The Morgan fingerprint density at radius 1 is 1.10 bits per heavy atom.